The average Bonchev–Trinajstić information content (AvgIpc) is 3.72. The molecule has 1 aromatic carbocycles. The molecule has 0 aliphatic carbocycles. The van der Waals surface area contributed by atoms with Crippen LogP contribution in [0.15, 0.2) is 46.2 Å². The Morgan fingerprint density at radius 1 is 1.09 bits per heavy atom. The van der Waals surface area contributed by atoms with Crippen LogP contribution in [-0.4, -0.2) is 90.5 Å². The number of amides is 1. The van der Waals surface area contributed by atoms with Crippen LogP contribution >= 0.6 is 11.6 Å². The quantitative estimate of drug-likeness (QED) is 0.225. The van der Waals surface area contributed by atoms with Gasteiger partial charge in [-0.3, -0.25) is 23.4 Å². The summed E-state index contributed by atoms with van der Waals surface area (Å²) in [7, 11) is 5.49. The van der Waals surface area contributed by atoms with Crippen LogP contribution in [0.25, 0.3) is 33.3 Å². The van der Waals surface area contributed by atoms with Gasteiger partial charge >= 0.3 is 5.69 Å². The maximum Gasteiger partial charge on any atom is 0.332 e. The predicted molar refractivity (Wildman–Crippen MR) is 182 cm³/mol. The minimum Gasteiger partial charge on any atom is -0.361 e. The molecule has 1 saturated heterocycles. The molecule has 1 amide bonds. The second-order valence-corrected chi connectivity index (χ2v) is 13.3. The van der Waals surface area contributed by atoms with Crippen molar-refractivity contribution in [2.75, 3.05) is 46.3 Å². The summed E-state index contributed by atoms with van der Waals surface area (Å²) in [4.78, 5) is 48.5. The summed E-state index contributed by atoms with van der Waals surface area (Å²) < 4.78 is 6.32. The molecule has 2 N–H and O–H groups in total. The maximum atomic E-state index is 13.8. The SMILES string of the molecule is CC(C)Cn1c(=O)n(C)c(=O)c2c(-c3cc(C(=O)NCCCN4CCN(C)CC4)cn3C)n(Cc3c[nH]c4ccc(Cl)cc34)nc21. The van der Waals surface area contributed by atoms with Crippen LogP contribution in [0.4, 0.5) is 0 Å². The van der Waals surface area contributed by atoms with Crippen LogP contribution in [0.2, 0.25) is 5.02 Å². The standard InChI is InChI=1S/C33H42ClN9O3/c1-21(2)18-42-30-28(32(45)40(5)33(42)46)29(43(37-30)20-23-17-36-26-8-7-24(34)16-25(23)26)27-15-22(19-39(27)4)31(44)35-9-6-10-41-13-11-38(3)12-14-41/h7-8,15-17,19,21,36H,6,9-14,18,20H2,1-5H3,(H,35,44). The minimum atomic E-state index is -0.431. The van der Waals surface area contributed by atoms with Gasteiger partial charge in [0.25, 0.3) is 11.5 Å². The molecule has 0 spiro atoms. The Morgan fingerprint density at radius 2 is 1.85 bits per heavy atom. The van der Waals surface area contributed by atoms with E-state index in [-0.39, 0.29) is 11.8 Å². The molecule has 244 valence electrons. The second-order valence-electron chi connectivity index (χ2n) is 12.8. The lowest BCUT2D eigenvalue weighted by Gasteiger charge is -2.32. The van der Waals surface area contributed by atoms with Crippen molar-refractivity contribution in [3.8, 4) is 11.4 Å². The van der Waals surface area contributed by atoms with Crippen molar-refractivity contribution in [2.45, 2.75) is 33.4 Å². The Labute approximate surface area is 272 Å². The fraction of sp³-hybridized carbons (Fsp3) is 0.455. The van der Waals surface area contributed by atoms with Gasteiger partial charge in [-0.15, -0.1) is 0 Å². The number of nitrogens with one attached hydrogen (secondary N) is 2. The van der Waals surface area contributed by atoms with Gasteiger partial charge in [-0.05, 0) is 55.8 Å². The molecular weight excluding hydrogens is 606 g/mol. The average molecular weight is 648 g/mol. The molecule has 0 atom stereocenters. The van der Waals surface area contributed by atoms with E-state index in [4.69, 9.17) is 16.7 Å². The van der Waals surface area contributed by atoms with Crippen LogP contribution in [0.3, 0.4) is 0 Å². The van der Waals surface area contributed by atoms with E-state index in [0.717, 1.165) is 60.2 Å². The van der Waals surface area contributed by atoms with Gasteiger partial charge in [-0.1, -0.05) is 25.4 Å². The summed E-state index contributed by atoms with van der Waals surface area (Å²) in [5.74, 6) is -0.0316. The number of rotatable bonds is 10. The van der Waals surface area contributed by atoms with Crippen molar-refractivity contribution >= 4 is 39.4 Å². The van der Waals surface area contributed by atoms with Crippen molar-refractivity contribution in [1.29, 1.82) is 0 Å². The smallest absolute Gasteiger partial charge is 0.332 e. The molecule has 1 aliphatic rings. The molecule has 1 fully saturated rings. The first-order chi connectivity index (χ1) is 22.0. The summed E-state index contributed by atoms with van der Waals surface area (Å²) in [6, 6.07) is 7.44. The fourth-order valence-electron chi connectivity index (χ4n) is 6.31. The number of aryl methyl sites for hydroxylation is 1. The van der Waals surface area contributed by atoms with Crippen LogP contribution in [0.1, 0.15) is 36.2 Å². The molecule has 46 heavy (non-hydrogen) atoms. The van der Waals surface area contributed by atoms with Gasteiger partial charge in [0.2, 0.25) is 0 Å². The number of hydrogen-bond acceptors (Lipinski definition) is 6. The zero-order chi connectivity index (χ0) is 32.7. The van der Waals surface area contributed by atoms with Gasteiger partial charge in [0.15, 0.2) is 5.65 Å². The summed E-state index contributed by atoms with van der Waals surface area (Å²) in [5, 5.41) is 9.86. The lowest BCUT2D eigenvalue weighted by Crippen LogP contribution is -2.45. The number of benzene rings is 1. The first-order valence-corrected chi connectivity index (χ1v) is 16.2. The number of piperazine rings is 1. The van der Waals surface area contributed by atoms with Gasteiger partial charge in [-0.25, -0.2) is 4.79 Å². The molecule has 5 aromatic rings. The van der Waals surface area contributed by atoms with Crippen LogP contribution in [-0.2, 0) is 27.2 Å². The van der Waals surface area contributed by atoms with Crippen molar-refractivity contribution in [3.63, 3.8) is 0 Å². The van der Waals surface area contributed by atoms with Crippen molar-refractivity contribution in [3.05, 3.63) is 73.6 Å². The molecule has 12 nitrogen and oxygen atoms in total. The Kier molecular flexibility index (Phi) is 8.95. The maximum absolute atomic E-state index is 13.8. The Bertz CT molecular complexity index is 2020. The molecule has 5 heterocycles. The van der Waals surface area contributed by atoms with E-state index in [1.165, 1.54) is 7.05 Å². The number of carbonyl (C=O) groups is 1. The summed E-state index contributed by atoms with van der Waals surface area (Å²) >= 11 is 6.35. The Hall–Kier alpha value is -4.13. The summed E-state index contributed by atoms with van der Waals surface area (Å²) in [6.45, 7) is 10.5. The Morgan fingerprint density at radius 3 is 2.59 bits per heavy atom. The largest absolute Gasteiger partial charge is 0.361 e. The van der Waals surface area contributed by atoms with Crippen LogP contribution < -0.4 is 16.6 Å². The first kappa shape index (κ1) is 31.8. The number of aromatic nitrogens is 6. The Balaban J connectivity index is 1.38. The van der Waals surface area contributed by atoms with Crippen LogP contribution in [0.5, 0.6) is 0 Å². The first-order valence-electron chi connectivity index (χ1n) is 15.8. The summed E-state index contributed by atoms with van der Waals surface area (Å²) in [6.07, 6.45) is 4.54. The lowest BCUT2D eigenvalue weighted by atomic mass is 10.1. The van der Waals surface area contributed by atoms with Crippen LogP contribution in [0, 0.1) is 5.92 Å². The molecule has 6 rings (SSSR count). The van der Waals surface area contributed by atoms with E-state index >= 15 is 0 Å². The highest BCUT2D eigenvalue weighted by molar-refractivity contribution is 6.31. The number of halogens is 1. The number of nitrogens with zero attached hydrogens (tertiary/aromatic N) is 7. The second kappa shape index (κ2) is 12.9. The highest BCUT2D eigenvalue weighted by Gasteiger charge is 2.26. The molecule has 13 heteroatoms. The van der Waals surface area contributed by atoms with Gasteiger partial charge in [0.1, 0.15) is 11.1 Å². The van der Waals surface area contributed by atoms with E-state index < -0.39 is 11.2 Å². The van der Waals surface area contributed by atoms with E-state index in [1.807, 2.05) is 49.9 Å². The molecule has 1 aliphatic heterocycles. The van der Waals surface area contributed by atoms with Gasteiger partial charge in [0.05, 0.1) is 17.8 Å². The monoisotopic (exact) mass is 647 g/mol. The highest BCUT2D eigenvalue weighted by Crippen LogP contribution is 2.30. The summed E-state index contributed by atoms with van der Waals surface area (Å²) in [5.41, 5.74) is 3.01. The molecular formula is C33H42ClN9O3. The van der Waals surface area contributed by atoms with Gasteiger partial charge in [0, 0.05) is 81.7 Å². The number of aromatic amines is 1. The zero-order valence-corrected chi connectivity index (χ0v) is 27.9. The lowest BCUT2D eigenvalue weighted by molar-refractivity contribution is 0.0949. The number of fused-ring (bicyclic) bond motifs is 2. The zero-order valence-electron chi connectivity index (χ0n) is 27.1. The fourth-order valence-corrected chi connectivity index (χ4v) is 6.48. The molecule has 0 saturated carbocycles. The molecule has 0 bridgehead atoms. The predicted octanol–water partition coefficient (Wildman–Crippen LogP) is 3.11. The number of hydrogen-bond donors (Lipinski definition) is 2. The van der Waals surface area contributed by atoms with Crippen molar-refractivity contribution in [2.24, 2.45) is 20.0 Å². The van der Waals surface area contributed by atoms with Gasteiger partial charge in [-0.2, -0.15) is 5.10 Å². The molecule has 0 unspecified atom stereocenters. The topological polar surface area (TPSA) is 118 Å². The van der Waals surface area contributed by atoms with E-state index in [0.29, 0.717) is 52.6 Å². The van der Waals surface area contributed by atoms with Crippen molar-refractivity contribution < 1.29 is 4.79 Å². The third-order valence-electron chi connectivity index (χ3n) is 8.87. The van der Waals surface area contributed by atoms with E-state index in [9.17, 15) is 14.4 Å². The van der Waals surface area contributed by atoms with E-state index in [1.54, 1.807) is 21.5 Å². The molecule has 0 radical (unpaired) electrons. The molecule has 4 aromatic heterocycles. The highest BCUT2D eigenvalue weighted by atomic mass is 35.5. The number of likely N-dealkylation sites (N-methyl/N-ethyl adjacent to an activating group) is 1. The minimum absolute atomic E-state index is 0.143. The van der Waals surface area contributed by atoms with Gasteiger partial charge < -0.3 is 24.7 Å². The number of carbonyl (C=O) groups excluding carboxylic acids is 1. The number of H-pyrrole nitrogens is 1. The third kappa shape index (κ3) is 6.16. The normalized spacial score (nSPS) is 14.7. The van der Waals surface area contributed by atoms with E-state index in [2.05, 4.69) is 27.1 Å². The third-order valence-corrected chi connectivity index (χ3v) is 9.10. The van der Waals surface area contributed by atoms with Crippen molar-refractivity contribution in [1.82, 2.24) is 43.6 Å².